The number of pyridine rings is 1. The van der Waals surface area contributed by atoms with Gasteiger partial charge in [0.25, 0.3) is 5.91 Å². The minimum atomic E-state index is -0.0334. The smallest absolute Gasteiger partial charge is 0.253 e. The Labute approximate surface area is 155 Å². The monoisotopic (exact) mass is 374 g/mol. The Bertz CT molecular complexity index is 911. The van der Waals surface area contributed by atoms with Crippen molar-refractivity contribution in [2.45, 2.75) is 18.8 Å². The van der Waals surface area contributed by atoms with Crippen LogP contribution in [0.25, 0.3) is 5.65 Å². The van der Waals surface area contributed by atoms with Crippen LogP contribution in [0.5, 0.6) is 0 Å². The van der Waals surface area contributed by atoms with Gasteiger partial charge in [-0.15, -0.1) is 10.2 Å². The van der Waals surface area contributed by atoms with Crippen LogP contribution >= 0.6 is 23.2 Å². The van der Waals surface area contributed by atoms with Crippen LogP contribution in [0.3, 0.4) is 0 Å². The zero-order chi connectivity index (χ0) is 17.4. The molecule has 4 rings (SSSR count). The van der Waals surface area contributed by atoms with Gasteiger partial charge in [-0.1, -0.05) is 29.3 Å². The number of likely N-dealkylation sites (tertiary alicyclic amines) is 1. The SMILES string of the molecule is O=C(c1cc(Cl)cc(Cl)c1)N1CCC(c2nnc3ccccn23)CC1. The Morgan fingerprint density at radius 2 is 1.76 bits per heavy atom. The zero-order valence-corrected chi connectivity index (χ0v) is 14.9. The quantitative estimate of drug-likeness (QED) is 0.679. The highest BCUT2D eigenvalue weighted by atomic mass is 35.5. The Morgan fingerprint density at radius 3 is 2.48 bits per heavy atom. The molecule has 128 valence electrons. The fourth-order valence-electron chi connectivity index (χ4n) is 3.34. The summed E-state index contributed by atoms with van der Waals surface area (Å²) >= 11 is 12.0. The van der Waals surface area contributed by atoms with Crippen molar-refractivity contribution in [1.29, 1.82) is 0 Å². The number of piperidine rings is 1. The second-order valence-corrected chi connectivity index (χ2v) is 7.08. The van der Waals surface area contributed by atoms with Gasteiger partial charge in [-0.3, -0.25) is 9.20 Å². The average Bonchev–Trinajstić information content (AvgIpc) is 3.04. The molecule has 0 bridgehead atoms. The molecule has 2 aromatic heterocycles. The highest BCUT2D eigenvalue weighted by molar-refractivity contribution is 6.35. The predicted molar refractivity (Wildman–Crippen MR) is 97.3 cm³/mol. The fraction of sp³-hybridized carbons (Fsp3) is 0.278. The molecule has 0 spiro atoms. The van der Waals surface area contributed by atoms with Gasteiger partial charge in [0.2, 0.25) is 0 Å². The summed E-state index contributed by atoms with van der Waals surface area (Å²) in [7, 11) is 0. The molecule has 0 unspecified atom stereocenters. The van der Waals surface area contributed by atoms with Gasteiger partial charge >= 0.3 is 0 Å². The van der Waals surface area contributed by atoms with Crippen molar-refractivity contribution in [2.75, 3.05) is 13.1 Å². The van der Waals surface area contributed by atoms with Crippen molar-refractivity contribution >= 4 is 34.8 Å². The van der Waals surface area contributed by atoms with E-state index in [-0.39, 0.29) is 5.91 Å². The molecule has 1 amide bonds. The minimum absolute atomic E-state index is 0.0334. The normalized spacial score (nSPS) is 15.7. The van der Waals surface area contributed by atoms with Crippen LogP contribution < -0.4 is 0 Å². The van der Waals surface area contributed by atoms with E-state index in [2.05, 4.69) is 10.2 Å². The van der Waals surface area contributed by atoms with E-state index >= 15 is 0 Å². The number of halogens is 2. The van der Waals surface area contributed by atoms with Gasteiger partial charge in [0, 0.05) is 40.8 Å². The molecule has 3 heterocycles. The topological polar surface area (TPSA) is 50.5 Å². The summed E-state index contributed by atoms with van der Waals surface area (Å²) < 4.78 is 2.03. The number of hydrogen-bond donors (Lipinski definition) is 0. The minimum Gasteiger partial charge on any atom is -0.339 e. The molecular formula is C18H16Cl2N4O. The molecule has 5 nitrogen and oxygen atoms in total. The first-order chi connectivity index (χ1) is 12.1. The Balaban J connectivity index is 1.48. The molecule has 3 aromatic rings. The molecular weight excluding hydrogens is 359 g/mol. The van der Waals surface area contributed by atoms with Gasteiger partial charge in [-0.2, -0.15) is 0 Å². The summed E-state index contributed by atoms with van der Waals surface area (Å²) in [6.45, 7) is 1.35. The van der Waals surface area contributed by atoms with Crippen LogP contribution in [-0.2, 0) is 0 Å². The van der Waals surface area contributed by atoms with Gasteiger partial charge in [0.15, 0.2) is 5.65 Å². The van der Waals surface area contributed by atoms with Crippen molar-refractivity contribution in [3.63, 3.8) is 0 Å². The maximum atomic E-state index is 12.7. The molecule has 0 atom stereocenters. The standard InChI is InChI=1S/C18H16Cl2N4O/c19-14-9-13(10-15(20)11-14)18(25)23-7-4-12(5-8-23)17-22-21-16-3-1-2-6-24(16)17/h1-3,6,9-12H,4-5,7-8H2. The molecule has 25 heavy (non-hydrogen) atoms. The summed E-state index contributed by atoms with van der Waals surface area (Å²) in [5, 5.41) is 9.51. The number of carbonyl (C=O) groups is 1. The summed E-state index contributed by atoms with van der Waals surface area (Å²) in [5.41, 5.74) is 1.38. The molecule has 7 heteroatoms. The van der Waals surface area contributed by atoms with Gasteiger partial charge in [0.05, 0.1) is 0 Å². The molecule has 1 saturated heterocycles. The predicted octanol–water partition coefficient (Wildman–Crippen LogP) is 4.06. The van der Waals surface area contributed by atoms with Crippen molar-refractivity contribution in [1.82, 2.24) is 19.5 Å². The third kappa shape index (κ3) is 3.22. The molecule has 1 aliphatic heterocycles. The summed E-state index contributed by atoms with van der Waals surface area (Å²) in [5.74, 6) is 1.23. The third-order valence-electron chi connectivity index (χ3n) is 4.60. The molecule has 1 aromatic carbocycles. The Hall–Kier alpha value is -2.11. The maximum Gasteiger partial charge on any atom is 0.253 e. The third-order valence-corrected chi connectivity index (χ3v) is 5.03. The van der Waals surface area contributed by atoms with E-state index < -0.39 is 0 Å². The first-order valence-electron chi connectivity index (χ1n) is 8.17. The lowest BCUT2D eigenvalue weighted by Gasteiger charge is -2.31. The number of benzene rings is 1. The van der Waals surface area contributed by atoms with E-state index in [4.69, 9.17) is 23.2 Å². The zero-order valence-electron chi connectivity index (χ0n) is 13.4. The number of aromatic nitrogens is 3. The number of nitrogens with zero attached hydrogens (tertiary/aromatic N) is 4. The second kappa shape index (κ2) is 6.65. The molecule has 0 radical (unpaired) electrons. The van der Waals surface area contributed by atoms with E-state index in [1.54, 1.807) is 18.2 Å². The lowest BCUT2D eigenvalue weighted by Crippen LogP contribution is -2.38. The highest BCUT2D eigenvalue weighted by Crippen LogP contribution is 2.28. The molecule has 0 aliphatic carbocycles. The lowest BCUT2D eigenvalue weighted by molar-refractivity contribution is 0.0711. The molecule has 0 saturated carbocycles. The van der Waals surface area contributed by atoms with Gasteiger partial charge in [0.1, 0.15) is 5.82 Å². The van der Waals surface area contributed by atoms with E-state index in [9.17, 15) is 4.79 Å². The number of fused-ring (bicyclic) bond motifs is 1. The Morgan fingerprint density at radius 1 is 1.04 bits per heavy atom. The van der Waals surface area contributed by atoms with Crippen molar-refractivity contribution in [2.24, 2.45) is 0 Å². The van der Waals surface area contributed by atoms with E-state index in [0.29, 0.717) is 34.6 Å². The van der Waals surface area contributed by atoms with E-state index in [1.165, 1.54) is 0 Å². The van der Waals surface area contributed by atoms with Crippen LogP contribution in [0.4, 0.5) is 0 Å². The number of rotatable bonds is 2. The first kappa shape index (κ1) is 16.4. The number of amides is 1. The summed E-state index contributed by atoms with van der Waals surface area (Å²) in [6, 6.07) is 10.8. The van der Waals surface area contributed by atoms with E-state index in [1.807, 2.05) is 33.7 Å². The second-order valence-electron chi connectivity index (χ2n) is 6.21. The van der Waals surface area contributed by atoms with Gasteiger partial charge < -0.3 is 4.90 Å². The van der Waals surface area contributed by atoms with Crippen LogP contribution in [0, 0.1) is 0 Å². The maximum absolute atomic E-state index is 12.7. The molecule has 1 fully saturated rings. The van der Waals surface area contributed by atoms with Crippen molar-refractivity contribution in [3.05, 3.63) is 64.0 Å². The van der Waals surface area contributed by atoms with Crippen molar-refractivity contribution in [3.8, 4) is 0 Å². The highest BCUT2D eigenvalue weighted by Gasteiger charge is 2.27. The van der Waals surface area contributed by atoms with Crippen LogP contribution in [-0.4, -0.2) is 38.5 Å². The Kier molecular flexibility index (Phi) is 4.36. The van der Waals surface area contributed by atoms with Crippen LogP contribution in [0.1, 0.15) is 34.9 Å². The van der Waals surface area contributed by atoms with Crippen LogP contribution in [0.15, 0.2) is 42.6 Å². The number of carbonyl (C=O) groups excluding carboxylic acids is 1. The van der Waals surface area contributed by atoms with E-state index in [0.717, 1.165) is 24.3 Å². The summed E-state index contributed by atoms with van der Waals surface area (Å²) in [6.07, 6.45) is 3.70. The van der Waals surface area contributed by atoms with Crippen molar-refractivity contribution < 1.29 is 4.79 Å². The fourth-order valence-corrected chi connectivity index (χ4v) is 3.86. The van der Waals surface area contributed by atoms with Gasteiger partial charge in [-0.05, 0) is 43.2 Å². The van der Waals surface area contributed by atoms with Crippen LogP contribution in [0.2, 0.25) is 10.0 Å². The number of hydrogen-bond acceptors (Lipinski definition) is 3. The first-order valence-corrected chi connectivity index (χ1v) is 8.92. The summed E-state index contributed by atoms with van der Waals surface area (Å²) in [4.78, 5) is 14.5. The average molecular weight is 375 g/mol. The molecule has 1 aliphatic rings. The largest absolute Gasteiger partial charge is 0.339 e. The molecule has 0 N–H and O–H groups in total. The van der Waals surface area contributed by atoms with Gasteiger partial charge in [-0.25, -0.2) is 0 Å². The lowest BCUT2D eigenvalue weighted by atomic mass is 9.95.